The molecule has 38 heavy (non-hydrogen) atoms. The molecule has 0 bridgehead atoms. The summed E-state index contributed by atoms with van der Waals surface area (Å²) in [5.41, 5.74) is -0.0732. The van der Waals surface area contributed by atoms with Gasteiger partial charge in [0.1, 0.15) is 34.5 Å². The van der Waals surface area contributed by atoms with Crippen molar-refractivity contribution in [3.05, 3.63) is 117 Å². The van der Waals surface area contributed by atoms with Crippen molar-refractivity contribution in [2.24, 2.45) is 0 Å². The number of non-ortho nitro benzene ring substituents is 2. The van der Waals surface area contributed by atoms with Crippen LogP contribution >= 0.6 is 0 Å². The molecule has 1 atom stereocenters. The van der Waals surface area contributed by atoms with E-state index in [1.807, 2.05) is 0 Å². The zero-order valence-corrected chi connectivity index (χ0v) is 19.9. The van der Waals surface area contributed by atoms with Crippen molar-refractivity contribution in [1.29, 1.82) is 0 Å². The van der Waals surface area contributed by atoms with Gasteiger partial charge in [0.05, 0.1) is 9.85 Å². The number of hydrogen-bond acceptors (Lipinski definition) is 9. The fourth-order valence-electron chi connectivity index (χ4n) is 3.16. The first-order valence-corrected chi connectivity index (χ1v) is 11.2. The van der Waals surface area contributed by atoms with E-state index in [0.29, 0.717) is 28.7 Å². The van der Waals surface area contributed by atoms with Gasteiger partial charge in [-0.1, -0.05) is 0 Å². The van der Waals surface area contributed by atoms with E-state index in [9.17, 15) is 25.0 Å². The number of nitro benzene ring substituents is 2. The van der Waals surface area contributed by atoms with Crippen molar-refractivity contribution in [3.63, 3.8) is 0 Å². The van der Waals surface area contributed by atoms with Crippen LogP contribution in [0.1, 0.15) is 6.92 Å². The first kappa shape index (κ1) is 25.6. The molecule has 11 heteroatoms. The third kappa shape index (κ3) is 6.82. The Morgan fingerprint density at radius 1 is 0.579 bits per heavy atom. The van der Waals surface area contributed by atoms with Crippen LogP contribution in [0, 0.1) is 20.2 Å². The number of hydrogen-bond donors (Lipinski definition) is 0. The van der Waals surface area contributed by atoms with Crippen molar-refractivity contribution in [3.8, 4) is 34.5 Å². The number of carbonyl (C=O) groups is 1. The van der Waals surface area contributed by atoms with E-state index in [0.717, 1.165) is 0 Å². The Bertz CT molecular complexity index is 1420. The molecule has 1 unspecified atom stereocenters. The lowest BCUT2D eigenvalue weighted by molar-refractivity contribution is -0.385. The number of carbonyl (C=O) groups excluding carboxylic acids is 1. The van der Waals surface area contributed by atoms with Crippen molar-refractivity contribution in [2.75, 3.05) is 0 Å². The van der Waals surface area contributed by atoms with Gasteiger partial charge in [-0.2, -0.15) is 0 Å². The lowest BCUT2D eigenvalue weighted by Crippen LogP contribution is -2.28. The van der Waals surface area contributed by atoms with Gasteiger partial charge in [0.25, 0.3) is 11.4 Å². The van der Waals surface area contributed by atoms with Crippen LogP contribution in [0.5, 0.6) is 34.5 Å². The largest absolute Gasteiger partial charge is 0.479 e. The Balaban J connectivity index is 1.27. The summed E-state index contributed by atoms with van der Waals surface area (Å²) < 4.78 is 22.3. The monoisotopic (exact) mass is 516 g/mol. The molecule has 0 heterocycles. The second-order valence-electron chi connectivity index (χ2n) is 7.83. The average Bonchev–Trinajstić information content (AvgIpc) is 2.91. The van der Waals surface area contributed by atoms with Crippen molar-refractivity contribution in [2.45, 2.75) is 13.0 Å². The summed E-state index contributed by atoms with van der Waals surface area (Å²) in [4.78, 5) is 33.0. The van der Waals surface area contributed by atoms with Crippen molar-refractivity contribution >= 4 is 17.3 Å². The molecule has 0 amide bonds. The molecular formula is C27H20N2O9. The van der Waals surface area contributed by atoms with Crippen LogP contribution < -0.4 is 18.9 Å². The molecule has 11 nitrogen and oxygen atoms in total. The van der Waals surface area contributed by atoms with Crippen LogP contribution in [0.4, 0.5) is 11.4 Å². The number of nitrogens with zero attached hydrogens (tertiary/aromatic N) is 2. The van der Waals surface area contributed by atoms with Crippen LogP contribution in [0.15, 0.2) is 97.1 Å². The lowest BCUT2D eigenvalue weighted by atomic mass is 10.3. The van der Waals surface area contributed by atoms with Gasteiger partial charge in [-0.05, 0) is 79.7 Å². The minimum Gasteiger partial charge on any atom is -0.479 e. The standard InChI is InChI=1S/C27H20N2O9/c1-18(35-21-10-12-24(13-11-21)36-22-6-2-19(3-7-22)28(31)32)27(30)38-26-16-14-25(15-17-26)37-23-8-4-20(5-9-23)29(33)34/h2-18H,1H3. The van der Waals surface area contributed by atoms with Gasteiger partial charge in [-0.15, -0.1) is 0 Å². The zero-order valence-electron chi connectivity index (χ0n) is 19.9. The highest BCUT2D eigenvalue weighted by molar-refractivity contribution is 5.77. The van der Waals surface area contributed by atoms with E-state index >= 15 is 0 Å². The molecule has 0 spiro atoms. The van der Waals surface area contributed by atoms with E-state index in [4.69, 9.17) is 18.9 Å². The molecule has 0 radical (unpaired) electrons. The Morgan fingerprint density at radius 3 is 1.26 bits per heavy atom. The number of rotatable bonds is 10. The number of benzene rings is 4. The normalized spacial score (nSPS) is 11.2. The number of ether oxygens (including phenoxy) is 4. The minimum absolute atomic E-state index is 0.0338. The Kier molecular flexibility index (Phi) is 7.77. The molecule has 0 saturated carbocycles. The molecule has 4 aromatic carbocycles. The fraction of sp³-hybridized carbons (Fsp3) is 0.0741. The topological polar surface area (TPSA) is 140 Å². The molecule has 0 aliphatic carbocycles. The van der Waals surface area contributed by atoms with Gasteiger partial charge in [0.2, 0.25) is 0 Å². The maximum Gasteiger partial charge on any atom is 0.352 e. The maximum atomic E-state index is 12.5. The second kappa shape index (κ2) is 11.5. The van der Waals surface area contributed by atoms with Crippen LogP contribution in [0.2, 0.25) is 0 Å². The molecule has 0 saturated heterocycles. The summed E-state index contributed by atoms with van der Waals surface area (Å²) in [6.07, 6.45) is -0.910. The van der Waals surface area contributed by atoms with Crippen LogP contribution in [-0.4, -0.2) is 21.9 Å². The molecule has 0 aromatic heterocycles. The Morgan fingerprint density at radius 2 is 0.895 bits per heavy atom. The zero-order chi connectivity index (χ0) is 27.1. The highest BCUT2D eigenvalue weighted by Gasteiger charge is 2.18. The van der Waals surface area contributed by atoms with Crippen molar-refractivity contribution in [1.82, 2.24) is 0 Å². The SMILES string of the molecule is CC(Oc1ccc(Oc2ccc([N+](=O)[O-])cc2)cc1)C(=O)Oc1ccc(Oc2ccc([N+](=O)[O-])cc2)cc1. The first-order chi connectivity index (χ1) is 18.3. The van der Waals surface area contributed by atoms with Gasteiger partial charge in [0.15, 0.2) is 6.10 Å². The van der Waals surface area contributed by atoms with E-state index in [2.05, 4.69) is 0 Å². The van der Waals surface area contributed by atoms with Gasteiger partial charge in [-0.3, -0.25) is 20.2 Å². The molecule has 192 valence electrons. The third-order valence-corrected chi connectivity index (χ3v) is 5.08. The van der Waals surface area contributed by atoms with Crippen LogP contribution in [0.25, 0.3) is 0 Å². The quantitative estimate of drug-likeness (QED) is 0.100. The van der Waals surface area contributed by atoms with Gasteiger partial charge in [0, 0.05) is 24.3 Å². The second-order valence-corrected chi connectivity index (χ2v) is 7.83. The number of esters is 1. The third-order valence-electron chi connectivity index (χ3n) is 5.08. The predicted molar refractivity (Wildman–Crippen MR) is 135 cm³/mol. The summed E-state index contributed by atoms with van der Waals surface area (Å²) in [6.45, 7) is 1.55. The van der Waals surface area contributed by atoms with E-state index < -0.39 is 21.9 Å². The lowest BCUT2D eigenvalue weighted by Gasteiger charge is -2.14. The average molecular weight is 516 g/mol. The summed E-state index contributed by atoms with van der Waals surface area (Å²) in [5.74, 6) is 1.89. The number of nitro groups is 2. The highest BCUT2D eigenvalue weighted by atomic mass is 16.6. The van der Waals surface area contributed by atoms with E-state index in [1.54, 1.807) is 55.5 Å². The van der Waals surface area contributed by atoms with Crippen LogP contribution in [-0.2, 0) is 4.79 Å². The molecule has 0 aliphatic heterocycles. The maximum absolute atomic E-state index is 12.5. The first-order valence-electron chi connectivity index (χ1n) is 11.2. The van der Waals surface area contributed by atoms with E-state index in [1.165, 1.54) is 48.5 Å². The molecule has 0 fully saturated rings. The molecule has 4 rings (SSSR count). The molecular weight excluding hydrogens is 496 g/mol. The summed E-state index contributed by atoms with van der Waals surface area (Å²) in [6, 6.07) is 24.1. The molecule has 4 aromatic rings. The minimum atomic E-state index is -0.910. The van der Waals surface area contributed by atoms with Crippen LogP contribution in [0.3, 0.4) is 0 Å². The van der Waals surface area contributed by atoms with Gasteiger partial charge >= 0.3 is 5.97 Å². The Hall–Kier alpha value is -5.45. The Labute approximate surface area is 216 Å². The van der Waals surface area contributed by atoms with E-state index in [-0.39, 0.29) is 17.1 Å². The van der Waals surface area contributed by atoms with Gasteiger partial charge < -0.3 is 18.9 Å². The molecule has 0 N–H and O–H groups in total. The smallest absolute Gasteiger partial charge is 0.352 e. The van der Waals surface area contributed by atoms with Gasteiger partial charge in [-0.25, -0.2) is 4.79 Å². The highest BCUT2D eigenvalue weighted by Crippen LogP contribution is 2.27. The predicted octanol–water partition coefficient (Wildman–Crippen LogP) is 6.46. The molecule has 0 aliphatic rings. The summed E-state index contributed by atoms with van der Waals surface area (Å²) >= 11 is 0. The fourth-order valence-corrected chi connectivity index (χ4v) is 3.16. The summed E-state index contributed by atoms with van der Waals surface area (Å²) in [5, 5.41) is 21.5. The summed E-state index contributed by atoms with van der Waals surface area (Å²) in [7, 11) is 0. The van der Waals surface area contributed by atoms with Crippen molar-refractivity contribution < 1.29 is 33.6 Å².